The molecule has 1 aromatic rings. The molecule has 1 saturated heterocycles. The Balaban J connectivity index is 2.19. The van der Waals surface area contributed by atoms with E-state index in [1.807, 2.05) is 6.92 Å². The molecule has 1 heterocycles. The van der Waals surface area contributed by atoms with E-state index >= 15 is 0 Å². The van der Waals surface area contributed by atoms with Crippen LogP contribution in [0.1, 0.15) is 28.4 Å². The quantitative estimate of drug-likeness (QED) is 0.839. The van der Waals surface area contributed by atoms with Crippen LogP contribution in [-0.4, -0.2) is 48.5 Å². The highest BCUT2D eigenvalue weighted by Crippen LogP contribution is 2.33. The topological polar surface area (TPSA) is 52.6 Å². The van der Waals surface area contributed by atoms with Gasteiger partial charge in [0.25, 0.3) is 0 Å². The Labute approximate surface area is 131 Å². The number of phenolic OH excluding ortho intramolecular Hbond substituents is 1. The molecule has 0 radical (unpaired) electrons. The lowest BCUT2D eigenvalue weighted by molar-refractivity contribution is 0.0884. The maximum Gasteiger partial charge on any atom is 0.170 e. The molecule has 0 amide bonds. The second-order valence-corrected chi connectivity index (χ2v) is 6.25. The van der Waals surface area contributed by atoms with Gasteiger partial charge in [-0.05, 0) is 31.0 Å². The smallest absolute Gasteiger partial charge is 0.170 e. The van der Waals surface area contributed by atoms with Crippen molar-refractivity contribution in [3.8, 4) is 5.75 Å². The summed E-state index contributed by atoms with van der Waals surface area (Å²) in [6.07, 6.45) is 0. The van der Waals surface area contributed by atoms with Gasteiger partial charge < -0.3 is 15.3 Å². The number of aromatic hydroxyl groups is 1. The van der Waals surface area contributed by atoms with Gasteiger partial charge in [-0.2, -0.15) is 0 Å². The highest BCUT2D eigenvalue weighted by Gasteiger charge is 2.25. The number of halogens is 1. The number of phenols is 1. The molecule has 5 heteroatoms. The molecule has 1 unspecified atom stereocenters. The minimum atomic E-state index is -0.162. The summed E-state index contributed by atoms with van der Waals surface area (Å²) in [5.74, 6) is -0.131. The van der Waals surface area contributed by atoms with Crippen molar-refractivity contribution >= 4 is 17.4 Å². The molecule has 2 rings (SSSR count). The largest absolute Gasteiger partial charge is 0.507 e. The van der Waals surface area contributed by atoms with Gasteiger partial charge in [0.1, 0.15) is 5.75 Å². The first-order chi connectivity index (χ1) is 9.91. The molecule has 1 aromatic carbocycles. The lowest BCUT2D eigenvalue weighted by Gasteiger charge is -2.29. The number of carbonyl (C=O) groups is 1. The highest BCUT2D eigenvalue weighted by molar-refractivity contribution is 6.32. The number of piperazine rings is 1. The molecular weight excluding hydrogens is 288 g/mol. The molecule has 1 aliphatic heterocycles. The summed E-state index contributed by atoms with van der Waals surface area (Å²) in [6, 6.07) is 1.70. The molecule has 2 N–H and O–H groups in total. The summed E-state index contributed by atoms with van der Waals surface area (Å²) in [5.41, 5.74) is 1.68. The zero-order valence-electron chi connectivity index (χ0n) is 12.9. The van der Waals surface area contributed by atoms with Gasteiger partial charge in [0, 0.05) is 43.7 Å². The van der Waals surface area contributed by atoms with Gasteiger partial charge >= 0.3 is 0 Å². The lowest BCUT2D eigenvalue weighted by Crippen LogP contribution is -2.45. The van der Waals surface area contributed by atoms with Crippen molar-refractivity contribution in [2.75, 3.05) is 32.7 Å². The number of carbonyl (C=O) groups excluding carboxylic acids is 1. The Morgan fingerprint density at radius 2 is 2.05 bits per heavy atom. The van der Waals surface area contributed by atoms with E-state index in [1.165, 1.54) is 0 Å². The zero-order chi connectivity index (χ0) is 15.6. The Morgan fingerprint density at radius 1 is 1.43 bits per heavy atom. The fraction of sp³-hybridized carbons (Fsp3) is 0.562. The van der Waals surface area contributed by atoms with Crippen LogP contribution in [0, 0.1) is 19.8 Å². The highest BCUT2D eigenvalue weighted by atomic mass is 35.5. The van der Waals surface area contributed by atoms with E-state index in [-0.39, 0.29) is 17.5 Å². The van der Waals surface area contributed by atoms with E-state index in [1.54, 1.807) is 19.9 Å². The van der Waals surface area contributed by atoms with Crippen LogP contribution >= 0.6 is 11.6 Å². The summed E-state index contributed by atoms with van der Waals surface area (Å²) < 4.78 is 0. The van der Waals surface area contributed by atoms with E-state index in [0.717, 1.165) is 26.2 Å². The standard InChI is InChI=1S/C16H23ClN2O2/c1-10-8-13(17)12(3)14(15(10)20)16(21)11(2)9-19-6-4-18-5-7-19/h8,11,18,20H,4-7,9H2,1-3H3. The normalized spacial score (nSPS) is 17.7. The average molecular weight is 311 g/mol. The maximum atomic E-state index is 12.7. The van der Waals surface area contributed by atoms with Crippen molar-refractivity contribution in [1.82, 2.24) is 10.2 Å². The van der Waals surface area contributed by atoms with Gasteiger partial charge in [0.05, 0.1) is 5.56 Å². The molecule has 0 aliphatic carbocycles. The van der Waals surface area contributed by atoms with E-state index in [0.29, 0.717) is 28.3 Å². The van der Waals surface area contributed by atoms with Crippen LogP contribution in [-0.2, 0) is 0 Å². The predicted octanol–water partition coefficient (Wildman–Crippen LogP) is 2.39. The lowest BCUT2D eigenvalue weighted by atomic mass is 9.92. The number of nitrogens with one attached hydrogen (secondary N) is 1. The monoisotopic (exact) mass is 310 g/mol. The minimum absolute atomic E-state index is 0.0332. The Morgan fingerprint density at radius 3 is 2.67 bits per heavy atom. The van der Waals surface area contributed by atoms with Crippen LogP contribution in [0.15, 0.2) is 6.07 Å². The number of benzene rings is 1. The molecule has 4 nitrogen and oxygen atoms in total. The summed E-state index contributed by atoms with van der Waals surface area (Å²) in [6.45, 7) is 10.0. The van der Waals surface area contributed by atoms with Crippen molar-refractivity contribution in [1.29, 1.82) is 0 Å². The van der Waals surface area contributed by atoms with Crippen molar-refractivity contribution in [2.45, 2.75) is 20.8 Å². The number of aryl methyl sites for hydroxylation is 1. The van der Waals surface area contributed by atoms with E-state index in [2.05, 4.69) is 10.2 Å². The van der Waals surface area contributed by atoms with Crippen molar-refractivity contribution in [2.24, 2.45) is 5.92 Å². The molecule has 1 aliphatic rings. The first kappa shape index (κ1) is 16.3. The third-order valence-electron chi connectivity index (χ3n) is 4.12. The third-order valence-corrected chi connectivity index (χ3v) is 4.52. The predicted molar refractivity (Wildman–Crippen MR) is 85.4 cm³/mol. The second kappa shape index (κ2) is 6.77. The zero-order valence-corrected chi connectivity index (χ0v) is 13.6. The molecule has 0 saturated carbocycles. The average Bonchev–Trinajstić information content (AvgIpc) is 2.46. The van der Waals surface area contributed by atoms with Gasteiger partial charge in [-0.1, -0.05) is 18.5 Å². The Hall–Kier alpha value is -1.10. The van der Waals surface area contributed by atoms with Crippen molar-refractivity contribution < 1.29 is 9.90 Å². The fourth-order valence-corrected chi connectivity index (χ4v) is 3.03. The first-order valence-corrected chi connectivity index (χ1v) is 7.75. The van der Waals surface area contributed by atoms with Gasteiger partial charge in [-0.15, -0.1) is 0 Å². The number of rotatable bonds is 4. The number of hydrogen-bond donors (Lipinski definition) is 2. The minimum Gasteiger partial charge on any atom is -0.507 e. The number of nitrogens with zero attached hydrogens (tertiary/aromatic N) is 1. The molecule has 21 heavy (non-hydrogen) atoms. The van der Waals surface area contributed by atoms with Crippen molar-refractivity contribution in [3.05, 3.63) is 27.8 Å². The molecule has 0 spiro atoms. The maximum absolute atomic E-state index is 12.7. The number of ketones is 1. The van der Waals surface area contributed by atoms with Gasteiger partial charge in [0.15, 0.2) is 5.78 Å². The van der Waals surface area contributed by atoms with Crippen LogP contribution in [0.3, 0.4) is 0 Å². The molecule has 1 atom stereocenters. The van der Waals surface area contributed by atoms with Crippen LogP contribution < -0.4 is 5.32 Å². The van der Waals surface area contributed by atoms with E-state index in [9.17, 15) is 9.90 Å². The van der Waals surface area contributed by atoms with E-state index < -0.39 is 0 Å². The van der Waals surface area contributed by atoms with Crippen LogP contribution in [0.5, 0.6) is 5.75 Å². The summed E-state index contributed by atoms with van der Waals surface area (Å²) in [7, 11) is 0. The van der Waals surface area contributed by atoms with Crippen molar-refractivity contribution in [3.63, 3.8) is 0 Å². The SMILES string of the molecule is Cc1cc(Cl)c(C)c(C(=O)C(C)CN2CCNCC2)c1O. The van der Waals surface area contributed by atoms with Gasteiger partial charge in [-0.3, -0.25) is 4.79 Å². The molecular formula is C16H23ClN2O2. The van der Waals surface area contributed by atoms with E-state index in [4.69, 9.17) is 11.6 Å². The van der Waals surface area contributed by atoms with Crippen LogP contribution in [0.2, 0.25) is 5.02 Å². The number of Topliss-reactive ketones (excluding diaryl/α,β-unsaturated/α-hetero) is 1. The van der Waals surface area contributed by atoms with Crippen LogP contribution in [0.4, 0.5) is 0 Å². The first-order valence-electron chi connectivity index (χ1n) is 7.37. The van der Waals surface area contributed by atoms with Gasteiger partial charge in [0.2, 0.25) is 0 Å². The van der Waals surface area contributed by atoms with Gasteiger partial charge in [-0.25, -0.2) is 0 Å². The molecule has 0 aromatic heterocycles. The van der Waals surface area contributed by atoms with Crippen LogP contribution in [0.25, 0.3) is 0 Å². The second-order valence-electron chi connectivity index (χ2n) is 5.84. The molecule has 0 bridgehead atoms. The molecule has 1 fully saturated rings. The fourth-order valence-electron chi connectivity index (χ4n) is 2.77. The summed E-state index contributed by atoms with van der Waals surface area (Å²) in [5, 5.41) is 14.1. The Kier molecular flexibility index (Phi) is 5.25. The third kappa shape index (κ3) is 3.57. The molecule has 116 valence electrons. The Bertz CT molecular complexity index is 513. The summed E-state index contributed by atoms with van der Waals surface area (Å²) >= 11 is 6.15. The summed E-state index contributed by atoms with van der Waals surface area (Å²) in [4.78, 5) is 15.0. The number of hydrogen-bond acceptors (Lipinski definition) is 4.